The fourth-order valence-corrected chi connectivity index (χ4v) is 8.78. The van der Waals surface area contributed by atoms with Gasteiger partial charge in [-0.3, -0.25) is 4.99 Å². The normalized spacial score (nSPS) is 32.9. The van der Waals surface area contributed by atoms with Crippen molar-refractivity contribution in [3.8, 4) is 0 Å². The number of halogens is 1. The van der Waals surface area contributed by atoms with Gasteiger partial charge in [-0.25, -0.2) is 4.39 Å². The van der Waals surface area contributed by atoms with E-state index in [0.29, 0.717) is 16.9 Å². The molecule has 4 fully saturated rings. The third-order valence-electron chi connectivity index (χ3n) is 9.82. The summed E-state index contributed by atoms with van der Waals surface area (Å²) in [6.07, 6.45) is 12.4. The highest BCUT2D eigenvalue weighted by Crippen LogP contribution is 2.60. The molecule has 0 radical (unpaired) electrons. The Labute approximate surface area is 211 Å². The topological polar surface area (TPSA) is 15.6 Å². The Bertz CT molecular complexity index is 1090. The molecule has 1 unspecified atom stereocenters. The Morgan fingerprint density at radius 1 is 0.971 bits per heavy atom. The molecule has 0 spiro atoms. The van der Waals surface area contributed by atoms with Crippen LogP contribution in [0.4, 0.5) is 15.8 Å². The van der Waals surface area contributed by atoms with Gasteiger partial charge in [-0.05, 0) is 130 Å². The van der Waals surface area contributed by atoms with E-state index in [4.69, 9.17) is 4.99 Å². The Balaban J connectivity index is 1.24. The molecule has 35 heavy (non-hydrogen) atoms. The van der Waals surface area contributed by atoms with Crippen molar-refractivity contribution in [2.45, 2.75) is 95.9 Å². The molecular formula is C32H41FN2. The summed E-state index contributed by atoms with van der Waals surface area (Å²) in [5.41, 5.74) is 5.79. The Morgan fingerprint density at radius 3 is 2.20 bits per heavy atom. The second-order valence-electron chi connectivity index (χ2n) is 13.0. The molecule has 0 N–H and O–H groups in total. The van der Waals surface area contributed by atoms with E-state index in [9.17, 15) is 0 Å². The summed E-state index contributed by atoms with van der Waals surface area (Å²) in [4.78, 5) is 7.10. The molecule has 5 aliphatic rings. The molecule has 4 saturated carbocycles. The Hall–Kier alpha value is -2.16. The van der Waals surface area contributed by atoms with Gasteiger partial charge in [0.25, 0.3) is 0 Å². The van der Waals surface area contributed by atoms with Crippen LogP contribution in [0.1, 0.15) is 102 Å². The lowest BCUT2D eigenvalue weighted by Gasteiger charge is -2.57. The molecule has 7 rings (SSSR count). The highest BCUT2D eigenvalue weighted by atomic mass is 19.1. The molecule has 0 aromatic heterocycles. The van der Waals surface area contributed by atoms with Crippen LogP contribution >= 0.6 is 0 Å². The Kier molecular flexibility index (Phi) is 5.62. The maximum absolute atomic E-state index is 15.2. The van der Waals surface area contributed by atoms with Gasteiger partial charge in [0.05, 0.1) is 5.69 Å². The van der Waals surface area contributed by atoms with Crippen molar-refractivity contribution < 1.29 is 4.39 Å². The van der Waals surface area contributed by atoms with Crippen molar-refractivity contribution in [3.63, 3.8) is 0 Å². The molecular weight excluding hydrogens is 431 g/mol. The highest BCUT2D eigenvalue weighted by molar-refractivity contribution is 5.84. The lowest BCUT2D eigenvalue weighted by Crippen LogP contribution is -2.48. The van der Waals surface area contributed by atoms with E-state index in [1.165, 1.54) is 49.7 Å². The maximum atomic E-state index is 15.2. The van der Waals surface area contributed by atoms with Crippen LogP contribution in [0.15, 0.2) is 41.4 Å². The van der Waals surface area contributed by atoms with Crippen LogP contribution in [-0.2, 0) is 5.41 Å². The molecule has 186 valence electrons. The van der Waals surface area contributed by atoms with Crippen molar-refractivity contribution in [2.24, 2.45) is 22.7 Å². The molecule has 0 saturated heterocycles. The lowest BCUT2D eigenvalue weighted by atomic mass is 9.48. The number of nitrogens with zero attached hydrogens (tertiary/aromatic N) is 2. The van der Waals surface area contributed by atoms with Crippen LogP contribution < -0.4 is 4.90 Å². The summed E-state index contributed by atoms with van der Waals surface area (Å²) >= 11 is 0. The SMILES string of the molecule is CCCN1c2cc(F)c(C=Nc3ccc(C45CC6CC(CC(C6)C4)C5)cc3)cc2C(C)CC1(C)C. The second kappa shape index (κ2) is 8.46. The first kappa shape index (κ1) is 23.3. The molecule has 2 aromatic rings. The van der Waals surface area contributed by atoms with Crippen LogP contribution in [0, 0.1) is 23.6 Å². The summed E-state index contributed by atoms with van der Waals surface area (Å²) < 4.78 is 15.2. The number of hydrogen-bond acceptors (Lipinski definition) is 2. The van der Waals surface area contributed by atoms with Gasteiger partial charge >= 0.3 is 0 Å². The van der Waals surface area contributed by atoms with E-state index in [-0.39, 0.29) is 11.4 Å². The van der Waals surface area contributed by atoms with Gasteiger partial charge in [0, 0.05) is 29.5 Å². The summed E-state index contributed by atoms with van der Waals surface area (Å²) in [6.45, 7) is 9.98. The van der Waals surface area contributed by atoms with Crippen molar-refractivity contribution in [1.82, 2.24) is 0 Å². The fourth-order valence-electron chi connectivity index (χ4n) is 8.78. The summed E-state index contributed by atoms with van der Waals surface area (Å²) in [5.74, 6) is 3.08. The number of aliphatic imine (C=N–C) groups is 1. The fraction of sp³-hybridized carbons (Fsp3) is 0.594. The highest BCUT2D eigenvalue weighted by Gasteiger charge is 2.51. The van der Waals surface area contributed by atoms with Crippen LogP contribution in [0.5, 0.6) is 0 Å². The van der Waals surface area contributed by atoms with Crippen molar-refractivity contribution in [2.75, 3.05) is 11.4 Å². The van der Waals surface area contributed by atoms with Gasteiger partial charge in [0.1, 0.15) is 5.82 Å². The largest absolute Gasteiger partial charge is 0.366 e. The number of benzene rings is 2. The molecule has 2 aromatic carbocycles. The third-order valence-corrected chi connectivity index (χ3v) is 9.82. The van der Waals surface area contributed by atoms with Crippen LogP contribution in [0.25, 0.3) is 0 Å². The monoisotopic (exact) mass is 472 g/mol. The summed E-state index contributed by atoms with van der Waals surface area (Å²) in [6, 6.07) is 12.7. The van der Waals surface area contributed by atoms with Gasteiger partial charge in [0.15, 0.2) is 0 Å². The van der Waals surface area contributed by atoms with Crippen LogP contribution in [-0.4, -0.2) is 18.3 Å². The maximum Gasteiger partial charge on any atom is 0.134 e. The molecule has 1 atom stereocenters. The van der Waals surface area contributed by atoms with Gasteiger partial charge in [-0.15, -0.1) is 0 Å². The third kappa shape index (κ3) is 4.03. The van der Waals surface area contributed by atoms with E-state index in [2.05, 4.69) is 56.9 Å². The predicted octanol–water partition coefficient (Wildman–Crippen LogP) is 8.55. The minimum atomic E-state index is -0.177. The zero-order valence-electron chi connectivity index (χ0n) is 22.0. The van der Waals surface area contributed by atoms with Crippen molar-refractivity contribution in [3.05, 3.63) is 58.9 Å². The molecule has 1 heterocycles. The van der Waals surface area contributed by atoms with Gasteiger partial charge in [-0.2, -0.15) is 0 Å². The number of rotatable bonds is 5. The summed E-state index contributed by atoms with van der Waals surface area (Å²) in [7, 11) is 0. The smallest absolute Gasteiger partial charge is 0.134 e. The lowest BCUT2D eigenvalue weighted by molar-refractivity contribution is -0.00518. The van der Waals surface area contributed by atoms with Crippen LogP contribution in [0.2, 0.25) is 0 Å². The molecule has 0 amide bonds. The zero-order valence-corrected chi connectivity index (χ0v) is 22.0. The quantitative estimate of drug-likeness (QED) is 0.398. The standard InChI is InChI=1S/C32H41FN2/c1-5-10-35-30-15-29(33)25(14-28(30)21(2)16-31(35,3)4)20-34-27-8-6-26(7-9-27)32-17-22-11-23(18-32)13-24(12-22)19-32/h6-9,14-15,20-24H,5,10-13,16-19H2,1-4H3. The van der Waals surface area contributed by atoms with Crippen molar-refractivity contribution in [1.29, 1.82) is 0 Å². The first-order valence-electron chi connectivity index (χ1n) is 14.0. The average Bonchev–Trinajstić information content (AvgIpc) is 2.80. The number of anilines is 1. The minimum absolute atomic E-state index is 0.0446. The number of fused-ring (bicyclic) bond motifs is 1. The molecule has 1 aliphatic heterocycles. The first-order valence-corrected chi connectivity index (χ1v) is 14.0. The minimum Gasteiger partial charge on any atom is -0.366 e. The number of hydrogen-bond donors (Lipinski definition) is 0. The van der Waals surface area contributed by atoms with Gasteiger partial charge < -0.3 is 4.90 Å². The summed E-state index contributed by atoms with van der Waals surface area (Å²) in [5, 5.41) is 0. The Morgan fingerprint density at radius 2 is 1.60 bits per heavy atom. The molecule has 4 aliphatic carbocycles. The molecule has 3 heteroatoms. The van der Waals surface area contributed by atoms with Gasteiger partial charge in [-0.1, -0.05) is 26.0 Å². The predicted molar refractivity (Wildman–Crippen MR) is 145 cm³/mol. The van der Waals surface area contributed by atoms with E-state index in [1.807, 2.05) is 6.07 Å². The van der Waals surface area contributed by atoms with E-state index in [0.717, 1.165) is 48.5 Å². The second-order valence-corrected chi connectivity index (χ2v) is 13.0. The average molecular weight is 473 g/mol. The van der Waals surface area contributed by atoms with Gasteiger partial charge in [0.2, 0.25) is 0 Å². The zero-order chi connectivity index (χ0) is 24.4. The van der Waals surface area contributed by atoms with Crippen LogP contribution in [0.3, 0.4) is 0 Å². The molecule has 4 bridgehead atoms. The first-order chi connectivity index (χ1) is 16.8. The van der Waals surface area contributed by atoms with E-state index >= 15 is 4.39 Å². The molecule has 2 nitrogen and oxygen atoms in total. The van der Waals surface area contributed by atoms with E-state index < -0.39 is 0 Å². The van der Waals surface area contributed by atoms with E-state index in [1.54, 1.807) is 12.3 Å². The van der Waals surface area contributed by atoms with Crippen molar-refractivity contribution >= 4 is 17.6 Å².